The molecule has 0 radical (unpaired) electrons. The van der Waals surface area contributed by atoms with Gasteiger partial charge in [-0.05, 0) is 35.0 Å². The van der Waals surface area contributed by atoms with E-state index in [9.17, 15) is 9.59 Å². The topological polar surface area (TPSA) is 77.4 Å². The Labute approximate surface area is 187 Å². The summed E-state index contributed by atoms with van der Waals surface area (Å²) in [7, 11) is 2.92. The first-order valence-corrected chi connectivity index (χ1v) is 11.2. The van der Waals surface area contributed by atoms with Crippen LogP contribution in [0.25, 0.3) is 0 Å². The molecule has 31 heavy (non-hydrogen) atoms. The van der Waals surface area contributed by atoms with Gasteiger partial charge >= 0.3 is 5.97 Å². The molecule has 3 aromatic rings. The Hall–Kier alpha value is -3.17. The van der Waals surface area contributed by atoms with Crippen LogP contribution in [0.2, 0.25) is 0 Å². The van der Waals surface area contributed by atoms with Gasteiger partial charge in [-0.3, -0.25) is 4.79 Å². The molecular weight excluding hydrogens is 436 g/mol. The van der Waals surface area contributed by atoms with Crippen molar-refractivity contribution in [2.75, 3.05) is 20.8 Å². The molecule has 7 nitrogen and oxygen atoms in total. The van der Waals surface area contributed by atoms with Crippen molar-refractivity contribution >= 4 is 40.3 Å². The number of rotatable bonds is 7. The predicted octanol–water partition coefficient (Wildman–Crippen LogP) is 4.36. The lowest BCUT2D eigenvalue weighted by Crippen LogP contribution is -2.31. The molecule has 0 aliphatic carbocycles. The molecule has 3 heterocycles. The Bertz CT molecular complexity index is 1090. The Morgan fingerprint density at radius 2 is 1.87 bits per heavy atom. The predicted molar refractivity (Wildman–Crippen MR) is 119 cm³/mol. The molecule has 0 saturated heterocycles. The molecule has 1 aromatic carbocycles. The molecule has 0 spiro atoms. The van der Waals surface area contributed by atoms with E-state index in [1.54, 1.807) is 40.9 Å². The summed E-state index contributed by atoms with van der Waals surface area (Å²) >= 11 is 3.15. The molecule has 0 N–H and O–H groups in total. The molecule has 160 valence electrons. The van der Waals surface area contributed by atoms with Gasteiger partial charge in [0.1, 0.15) is 5.56 Å². The first-order chi connectivity index (χ1) is 15.1. The smallest absolute Gasteiger partial charge is 0.342 e. The highest BCUT2D eigenvalue weighted by atomic mass is 32.1. The van der Waals surface area contributed by atoms with E-state index < -0.39 is 12.6 Å². The van der Waals surface area contributed by atoms with Crippen LogP contribution in [0, 0.1) is 0 Å². The monoisotopic (exact) mass is 456 g/mol. The third kappa shape index (κ3) is 4.33. The Kier molecular flexibility index (Phi) is 6.34. The third-order valence-corrected chi connectivity index (χ3v) is 6.69. The quantitative estimate of drug-likeness (QED) is 0.494. The summed E-state index contributed by atoms with van der Waals surface area (Å²) in [5, 5.41) is 9.94. The number of esters is 1. The van der Waals surface area contributed by atoms with Crippen molar-refractivity contribution in [2.24, 2.45) is 5.10 Å². The van der Waals surface area contributed by atoms with Gasteiger partial charge in [-0.25, -0.2) is 9.80 Å². The van der Waals surface area contributed by atoms with Gasteiger partial charge in [0.25, 0.3) is 5.91 Å². The fourth-order valence-electron chi connectivity index (χ4n) is 3.35. The normalized spacial score (nSPS) is 15.5. The minimum atomic E-state index is -0.668. The number of hydrogen-bond donors (Lipinski definition) is 0. The summed E-state index contributed by atoms with van der Waals surface area (Å²) in [5.74, 6) is -0.387. The van der Waals surface area contributed by atoms with Crippen LogP contribution in [0.3, 0.4) is 0 Å². The van der Waals surface area contributed by atoms with Crippen molar-refractivity contribution in [3.8, 4) is 11.5 Å². The number of carbonyl (C=O) groups is 2. The van der Waals surface area contributed by atoms with E-state index in [1.807, 2.05) is 35.0 Å². The number of hydrogen-bond acceptors (Lipinski definition) is 8. The number of ether oxygens (including phenoxy) is 3. The fraction of sp³-hybridized carbons (Fsp3) is 0.227. The molecule has 1 aliphatic rings. The molecule has 0 fully saturated rings. The Morgan fingerprint density at radius 3 is 2.55 bits per heavy atom. The maximum Gasteiger partial charge on any atom is 0.342 e. The molecule has 4 rings (SSSR count). The Balaban J connectivity index is 1.51. The van der Waals surface area contributed by atoms with Gasteiger partial charge < -0.3 is 14.2 Å². The van der Waals surface area contributed by atoms with Crippen molar-refractivity contribution in [3.05, 3.63) is 68.5 Å². The zero-order valence-electron chi connectivity index (χ0n) is 16.9. The van der Waals surface area contributed by atoms with E-state index in [0.717, 1.165) is 15.5 Å². The summed E-state index contributed by atoms with van der Waals surface area (Å²) in [6.07, 6.45) is 0.615. The molecule has 9 heteroatoms. The van der Waals surface area contributed by atoms with Crippen LogP contribution in [-0.4, -0.2) is 43.4 Å². The fourth-order valence-corrected chi connectivity index (χ4v) is 4.89. The highest BCUT2D eigenvalue weighted by Crippen LogP contribution is 2.36. The summed E-state index contributed by atoms with van der Waals surface area (Å²) in [6.45, 7) is -0.428. The van der Waals surface area contributed by atoms with E-state index >= 15 is 0 Å². The lowest BCUT2D eigenvalue weighted by Gasteiger charge is -2.20. The zero-order chi connectivity index (χ0) is 21.8. The second-order valence-electron chi connectivity index (χ2n) is 6.61. The number of hydrazone groups is 1. The number of amides is 1. The van der Waals surface area contributed by atoms with Gasteiger partial charge in [0, 0.05) is 11.3 Å². The van der Waals surface area contributed by atoms with E-state index in [1.165, 1.54) is 19.2 Å². The van der Waals surface area contributed by atoms with Gasteiger partial charge in [-0.2, -0.15) is 5.10 Å². The van der Waals surface area contributed by atoms with Crippen LogP contribution >= 0.6 is 22.7 Å². The van der Waals surface area contributed by atoms with E-state index in [4.69, 9.17) is 14.2 Å². The van der Waals surface area contributed by atoms with Crippen molar-refractivity contribution in [1.29, 1.82) is 0 Å². The van der Waals surface area contributed by atoms with E-state index in [2.05, 4.69) is 5.10 Å². The van der Waals surface area contributed by atoms with E-state index in [-0.39, 0.29) is 23.3 Å². The maximum atomic E-state index is 13.0. The lowest BCUT2D eigenvalue weighted by atomic mass is 10.1. The highest BCUT2D eigenvalue weighted by Gasteiger charge is 2.34. The minimum absolute atomic E-state index is 0.189. The van der Waals surface area contributed by atoms with Crippen molar-refractivity contribution in [2.45, 2.75) is 12.5 Å². The summed E-state index contributed by atoms with van der Waals surface area (Å²) in [6, 6.07) is 12.5. The van der Waals surface area contributed by atoms with Crippen LogP contribution in [-0.2, 0) is 9.53 Å². The number of thiophene rings is 2. The van der Waals surface area contributed by atoms with Crippen LogP contribution in [0.4, 0.5) is 0 Å². The van der Waals surface area contributed by atoms with Gasteiger partial charge in [0.15, 0.2) is 18.1 Å². The van der Waals surface area contributed by atoms with Gasteiger partial charge in [-0.15, -0.1) is 22.7 Å². The SMILES string of the molecule is COc1cccc(C(=O)OCC(=O)N2N=C(c3cccs3)CC2c2cccs2)c1OC. The first kappa shape index (κ1) is 21.1. The highest BCUT2D eigenvalue weighted by molar-refractivity contribution is 7.12. The second-order valence-corrected chi connectivity index (χ2v) is 8.54. The molecule has 1 unspecified atom stereocenters. The molecule has 1 atom stereocenters. The van der Waals surface area contributed by atoms with Crippen molar-refractivity contribution in [1.82, 2.24) is 5.01 Å². The minimum Gasteiger partial charge on any atom is -0.493 e. The van der Waals surface area contributed by atoms with E-state index in [0.29, 0.717) is 12.2 Å². The zero-order valence-corrected chi connectivity index (χ0v) is 18.6. The van der Waals surface area contributed by atoms with Crippen molar-refractivity contribution in [3.63, 3.8) is 0 Å². The van der Waals surface area contributed by atoms with Crippen LogP contribution < -0.4 is 9.47 Å². The Morgan fingerprint density at radius 1 is 1.06 bits per heavy atom. The summed E-state index contributed by atoms with van der Waals surface area (Å²) in [5.41, 5.74) is 1.04. The molecule has 1 amide bonds. The van der Waals surface area contributed by atoms with Crippen molar-refractivity contribution < 1.29 is 23.8 Å². The molecule has 2 aromatic heterocycles. The standard InChI is InChI=1S/C22H20N2O5S2/c1-27-17-7-3-6-14(21(17)28-2)22(26)29-13-20(25)24-16(19-9-5-11-31-19)12-15(23-24)18-8-4-10-30-18/h3-11,16H,12-13H2,1-2H3. The number of benzene rings is 1. The molecule has 0 saturated carbocycles. The first-order valence-electron chi connectivity index (χ1n) is 9.47. The van der Waals surface area contributed by atoms with Gasteiger partial charge in [0.2, 0.25) is 0 Å². The number of para-hydroxylation sites is 1. The number of methoxy groups -OCH3 is 2. The largest absolute Gasteiger partial charge is 0.493 e. The third-order valence-electron chi connectivity index (χ3n) is 4.79. The molecule has 1 aliphatic heterocycles. The second kappa shape index (κ2) is 9.32. The average Bonchev–Trinajstić information content (AvgIpc) is 3.56. The number of carbonyl (C=O) groups excluding carboxylic acids is 2. The van der Waals surface area contributed by atoms with Gasteiger partial charge in [0.05, 0.1) is 30.9 Å². The summed E-state index contributed by atoms with van der Waals surface area (Å²) in [4.78, 5) is 27.6. The summed E-state index contributed by atoms with van der Waals surface area (Å²) < 4.78 is 15.8. The number of nitrogens with zero attached hydrogens (tertiary/aromatic N) is 2. The average molecular weight is 457 g/mol. The molecule has 0 bridgehead atoms. The van der Waals surface area contributed by atoms with Crippen LogP contribution in [0.1, 0.15) is 32.6 Å². The van der Waals surface area contributed by atoms with Crippen LogP contribution in [0.15, 0.2) is 58.3 Å². The van der Waals surface area contributed by atoms with Crippen LogP contribution in [0.5, 0.6) is 11.5 Å². The van der Waals surface area contributed by atoms with Gasteiger partial charge in [-0.1, -0.05) is 18.2 Å². The maximum absolute atomic E-state index is 13.0. The molecular formula is C22H20N2O5S2. The lowest BCUT2D eigenvalue weighted by molar-refractivity contribution is -0.136.